The molecule has 0 atom stereocenters. The van der Waals surface area contributed by atoms with Crippen molar-refractivity contribution in [3.05, 3.63) is 41.5 Å². The SMILES string of the molecule is C=CC(=O)N1C(C)(C)CC(OC(=O)CCc2cc(C)c(O)c(C)c2)CC1(C)C. The van der Waals surface area contributed by atoms with Gasteiger partial charge in [-0.1, -0.05) is 18.7 Å². The van der Waals surface area contributed by atoms with Gasteiger partial charge in [0.1, 0.15) is 11.9 Å². The maximum atomic E-state index is 12.4. The summed E-state index contributed by atoms with van der Waals surface area (Å²) in [7, 11) is 0. The summed E-state index contributed by atoms with van der Waals surface area (Å²) < 4.78 is 5.78. The van der Waals surface area contributed by atoms with E-state index in [1.165, 1.54) is 6.08 Å². The molecular formula is C23H33NO4. The number of esters is 1. The highest BCUT2D eigenvalue weighted by Crippen LogP contribution is 2.40. The van der Waals surface area contributed by atoms with E-state index in [4.69, 9.17) is 4.74 Å². The fraction of sp³-hybridized carbons (Fsp3) is 0.565. The van der Waals surface area contributed by atoms with E-state index >= 15 is 0 Å². The van der Waals surface area contributed by atoms with E-state index < -0.39 is 11.1 Å². The number of hydrogen-bond acceptors (Lipinski definition) is 4. The first kappa shape index (κ1) is 22.0. The number of aryl methyl sites for hydroxylation is 3. The van der Waals surface area contributed by atoms with E-state index in [1.54, 1.807) is 0 Å². The Bertz CT molecular complexity index is 738. The molecular weight excluding hydrogens is 354 g/mol. The van der Waals surface area contributed by atoms with Crippen molar-refractivity contribution in [1.29, 1.82) is 0 Å². The van der Waals surface area contributed by atoms with E-state index in [0.29, 0.717) is 25.0 Å². The van der Waals surface area contributed by atoms with E-state index in [-0.39, 0.29) is 24.4 Å². The lowest BCUT2D eigenvalue weighted by Gasteiger charge is -2.54. The number of aromatic hydroxyl groups is 1. The van der Waals surface area contributed by atoms with E-state index in [0.717, 1.165) is 16.7 Å². The molecule has 0 unspecified atom stereocenters. The molecule has 5 nitrogen and oxygen atoms in total. The fourth-order valence-electron chi connectivity index (χ4n) is 4.64. The van der Waals surface area contributed by atoms with Crippen LogP contribution in [0.2, 0.25) is 0 Å². The van der Waals surface area contributed by atoms with Gasteiger partial charge in [-0.15, -0.1) is 0 Å². The first-order valence-corrected chi connectivity index (χ1v) is 9.82. The predicted molar refractivity (Wildman–Crippen MR) is 110 cm³/mol. The van der Waals surface area contributed by atoms with Crippen molar-refractivity contribution in [1.82, 2.24) is 4.90 Å². The van der Waals surface area contributed by atoms with Gasteiger partial charge < -0.3 is 14.7 Å². The molecule has 0 aliphatic carbocycles. The summed E-state index contributed by atoms with van der Waals surface area (Å²) in [6, 6.07) is 3.81. The standard InChI is InChI=1S/C23H33NO4/c1-8-19(25)24-22(4,5)13-18(14-23(24,6)7)28-20(26)10-9-17-11-15(2)21(27)16(3)12-17/h8,11-12,18,27H,1,9-10,13-14H2,2-7H3. The van der Waals surface area contributed by atoms with Gasteiger partial charge in [0.15, 0.2) is 0 Å². The smallest absolute Gasteiger partial charge is 0.306 e. The number of carbonyl (C=O) groups excluding carboxylic acids is 2. The van der Waals surface area contributed by atoms with Crippen molar-refractivity contribution >= 4 is 11.9 Å². The van der Waals surface area contributed by atoms with Crippen LogP contribution in [0.3, 0.4) is 0 Å². The van der Waals surface area contributed by atoms with E-state index in [1.807, 2.05) is 58.6 Å². The van der Waals surface area contributed by atoms with Crippen LogP contribution in [0.25, 0.3) is 0 Å². The zero-order valence-electron chi connectivity index (χ0n) is 18.0. The van der Waals surface area contributed by atoms with Gasteiger partial charge in [-0.2, -0.15) is 0 Å². The number of phenolic OH excluding ortho intramolecular Hbond substituents is 1. The molecule has 0 saturated carbocycles. The predicted octanol–water partition coefficient (Wildman–Crippen LogP) is 4.22. The molecule has 154 valence electrons. The lowest BCUT2D eigenvalue weighted by molar-refractivity contribution is -0.165. The second-order valence-corrected chi connectivity index (χ2v) is 9.10. The second kappa shape index (κ2) is 7.98. The Morgan fingerprint density at radius 1 is 1.18 bits per heavy atom. The van der Waals surface area contributed by atoms with Crippen molar-refractivity contribution in [2.75, 3.05) is 0 Å². The van der Waals surface area contributed by atoms with Crippen LogP contribution < -0.4 is 0 Å². The molecule has 1 aromatic carbocycles. The topological polar surface area (TPSA) is 66.8 Å². The maximum Gasteiger partial charge on any atom is 0.306 e. The lowest BCUT2D eigenvalue weighted by Crippen LogP contribution is -2.64. The zero-order valence-corrected chi connectivity index (χ0v) is 18.0. The molecule has 0 bridgehead atoms. The summed E-state index contributed by atoms with van der Waals surface area (Å²) in [6.07, 6.45) is 3.17. The lowest BCUT2D eigenvalue weighted by atomic mass is 9.78. The molecule has 5 heteroatoms. The third-order valence-corrected chi connectivity index (χ3v) is 5.53. The average molecular weight is 388 g/mol. The van der Waals surface area contributed by atoms with Crippen LogP contribution in [0.15, 0.2) is 24.8 Å². The number of amides is 1. The van der Waals surface area contributed by atoms with Crippen LogP contribution in [0.5, 0.6) is 5.75 Å². The Balaban J connectivity index is 2.01. The molecule has 0 radical (unpaired) electrons. The largest absolute Gasteiger partial charge is 0.507 e. The van der Waals surface area contributed by atoms with Crippen molar-refractivity contribution in [2.24, 2.45) is 0 Å². The van der Waals surface area contributed by atoms with Crippen LogP contribution in [-0.2, 0) is 20.7 Å². The molecule has 1 N–H and O–H groups in total. The average Bonchev–Trinajstić information content (AvgIpc) is 2.55. The molecule has 1 aliphatic rings. The summed E-state index contributed by atoms with van der Waals surface area (Å²) in [5.41, 5.74) is 1.78. The number of hydrogen-bond donors (Lipinski definition) is 1. The van der Waals surface area contributed by atoms with Crippen molar-refractivity contribution in [3.8, 4) is 5.75 Å². The quantitative estimate of drug-likeness (QED) is 0.607. The molecule has 1 aliphatic heterocycles. The molecule has 0 spiro atoms. The normalized spacial score (nSPS) is 18.6. The number of benzene rings is 1. The van der Waals surface area contributed by atoms with Gasteiger partial charge >= 0.3 is 5.97 Å². The van der Waals surface area contributed by atoms with Gasteiger partial charge in [0.05, 0.1) is 0 Å². The number of nitrogens with zero attached hydrogens (tertiary/aromatic N) is 1. The summed E-state index contributed by atoms with van der Waals surface area (Å²) in [6.45, 7) is 15.3. The number of ether oxygens (including phenoxy) is 1. The van der Waals surface area contributed by atoms with Crippen molar-refractivity contribution in [3.63, 3.8) is 0 Å². The number of rotatable bonds is 5. The summed E-state index contributed by atoms with van der Waals surface area (Å²) in [4.78, 5) is 26.6. The Morgan fingerprint density at radius 3 is 2.14 bits per heavy atom. The van der Waals surface area contributed by atoms with Crippen LogP contribution in [-0.4, -0.2) is 39.1 Å². The van der Waals surface area contributed by atoms with E-state index in [9.17, 15) is 14.7 Å². The van der Waals surface area contributed by atoms with Gasteiger partial charge in [-0.25, -0.2) is 0 Å². The maximum absolute atomic E-state index is 12.4. The molecule has 1 heterocycles. The molecule has 1 aromatic rings. The summed E-state index contributed by atoms with van der Waals surface area (Å²) >= 11 is 0. The van der Waals surface area contributed by atoms with Crippen molar-refractivity contribution < 1.29 is 19.4 Å². The number of phenols is 1. The van der Waals surface area contributed by atoms with Gasteiger partial charge in [0.25, 0.3) is 0 Å². The Labute approximate surface area is 168 Å². The number of likely N-dealkylation sites (tertiary alicyclic amines) is 1. The third kappa shape index (κ3) is 4.75. The molecule has 1 saturated heterocycles. The Morgan fingerprint density at radius 2 is 1.68 bits per heavy atom. The minimum atomic E-state index is -0.427. The van der Waals surface area contributed by atoms with Gasteiger partial charge in [-0.05, 0) is 70.7 Å². The molecule has 1 amide bonds. The minimum Gasteiger partial charge on any atom is -0.507 e. The van der Waals surface area contributed by atoms with Crippen LogP contribution >= 0.6 is 0 Å². The van der Waals surface area contributed by atoms with Gasteiger partial charge in [0, 0.05) is 30.3 Å². The minimum absolute atomic E-state index is 0.0992. The third-order valence-electron chi connectivity index (χ3n) is 5.53. The Hall–Kier alpha value is -2.30. The van der Waals surface area contributed by atoms with Crippen LogP contribution in [0, 0.1) is 13.8 Å². The van der Waals surface area contributed by atoms with E-state index in [2.05, 4.69) is 6.58 Å². The first-order chi connectivity index (χ1) is 12.9. The Kier molecular flexibility index (Phi) is 6.27. The zero-order chi connectivity index (χ0) is 21.3. The van der Waals surface area contributed by atoms with Crippen LogP contribution in [0.1, 0.15) is 63.6 Å². The highest BCUT2D eigenvalue weighted by Gasteiger charge is 2.48. The number of carbonyl (C=O) groups is 2. The van der Waals surface area contributed by atoms with Gasteiger partial charge in [-0.3, -0.25) is 9.59 Å². The summed E-state index contributed by atoms with van der Waals surface area (Å²) in [5.74, 6) is -0.0297. The summed E-state index contributed by atoms with van der Waals surface area (Å²) in [5, 5.41) is 9.88. The first-order valence-electron chi connectivity index (χ1n) is 9.82. The van der Waals surface area contributed by atoms with Crippen molar-refractivity contribution in [2.45, 2.75) is 84.4 Å². The fourth-order valence-corrected chi connectivity index (χ4v) is 4.64. The van der Waals surface area contributed by atoms with Gasteiger partial charge in [0.2, 0.25) is 5.91 Å². The van der Waals surface area contributed by atoms with Crippen LogP contribution in [0.4, 0.5) is 0 Å². The highest BCUT2D eigenvalue weighted by atomic mass is 16.5. The molecule has 1 fully saturated rings. The molecule has 28 heavy (non-hydrogen) atoms. The number of piperidine rings is 1. The molecule has 0 aromatic heterocycles. The monoisotopic (exact) mass is 387 g/mol. The second-order valence-electron chi connectivity index (χ2n) is 9.10. The highest BCUT2D eigenvalue weighted by molar-refractivity contribution is 5.88. The molecule has 2 rings (SSSR count).